The van der Waals surface area contributed by atoms with Gasteiger partial charge in [-0.3, -0.25) is 9.69 Å². The van der Waals surface area contributed by atoms with E-state index in [1.165, 1.54) is 0 Å². The van der Waals surface area contributed by atoms with Crippen LogP contribution >= 0.6 is 11.8 Å². The quantitative estimate of drug-likeness (QED) is 0.739. The van der Waals surface area contributed by atoms with Crippen molar-refractivity contribution >= 4 is 28.5 Å². The van der Waals surface area contributed by atoms with Crippen molar-refractivity contribution in [3.05, 3.63) is 54.1 Å². The number of nitrogens with zero attached hydrogens (tertiary/aromatic N) is 3. The Morgan fingerprint density at radius 3 is 2.50 bits per heavy atom. The van der Waals surface area contributed by atoms with Crippen molar-refractivity contribution in [3.8, 4) is 17.6 Å². The third-order valence-corrected chi connectivity index (χ3v) is 5.07. The molecule has 0 spiro atoms. The summed E-state index contributed by atoms with van der Waals surface area (Å²) in [5.74, 6) is 2.14. The van der Waals surface area contributed by atoms with Crippen LogP contribution in [0.5, 0.6) is 11.5 Å². The molecule has 3 rings (SSSR count). The van der Waals surface area contributed by atoms with E-state index >= 15 is 0 Å². The maximum atomic E-state index is 12.7. The van der Waals surface area contributed by atoms with Gasteiger partial charge in [0.05, 0.1) is 23.9 Å². The Morgan fingerprint density at radius 2 is 1.82 bits per heavy atom. The summed E-state index contributed by atoms with van der Waals surface area (Å²) in [4.78, 5) is 19.0. The molecule has 0 bridgehead atoms. The molecule has 0 aromatic heterocycles. The summed E-state index contributed by atoms with van der Waals surface area (Å²) in [6.07, 6.45) is 0.912. The molecule has 0 unspecified atom stereocenters. The molecule has 2 aromatic rings. The molecule has 28 heavy (non-hydrogen) atoms. The molecule has 1 heterocycles. The monoisotopic (exact) mass is 395 g/mol. The van der Waals surface area contributed by atoms with Gasteiger partial charge in [-0.15, -0.1) is 0 Å². The highest BCUT2D eigenvalue weighted by Gasteiger charge is 2.24. The highest BCUT2D eigenvalue weighted by Crippen LogP contribution is 2.24. The fourth-order valence-corrected chi connectivity index (χ4v) is 3.60. The number of ether oxygens (including phenoxy) is 2. The summed E-state index contributed by atoms with van der Waals surface area (Å²) in [5.41, 5.74) is 1.33. The number of nitriles is 1. The largest absolute Gasteiger partial charge is 0.494 e. The topological polar surface area (TPSA) is 74.9 Å². The average Bonchev–Trinajstić information content (AvgIpc) is 2.74. The SMILES string of the molecule is CCOc1ccc(N=C2SCCCN2C(=O)COc2ccc(C#N)cc2)cc1. The maximum Gasteiger partial charge on any atom is 0.266 e. The van der Waals surface area contributed by atoms with Crippen molar-refractivity contribution in [2.24, 2.45) is 4.99 Å². The minimum Gasteiger partial charge on any atom is -0.494 e. The summed E-state index contributed by atoms with van der Waals surface area (Å²) in [6.45, 7) is 3.11. The van der Waals surface area contributed by atoms with E-state index in [2.05, 4.69) is 11.1 Å². The Morgan fingerprint density at radius 1 is 1.14 bits per heavy atom. The van der Waals surface area contributed by atoms with Crippen molar-refractivity contribution in [2.45, 2.75) is 13.3 Å². The van der Waals surface area contributed by atoms with Gasteiger partial charge in [-0.2, -0.15) is 5.26 Å². The van der Waals surface area contributed by atoms with Crippen LogP contribution in [0.15, 0.2) is 53.5 Å². The Balaban J connectivity index is 1.65. The molecule has 0 saturated carbocycles. The molecule has 6 nitrogen and oxygen atoms in total. The predicted octanol–water partition coefficient (Wildman–Crippen LogP) is 3.99. The van der Waals surface area contributed by atoms with E-state index in [9.17, 15) is 4.79 Å². The predicted molar refractivity (Wildman–Crippen MR) is 110 cm³/mol. The van der Waals surface area contributed by atoms with Crippen molar-refractivity contribution < 1.29 is 14.3 Å². The second kappa shape index (κ2) is 9.81. The van der Waals surface area contributed by atoms with Crippen molar-refractivity contribution in [2.75, 3.05) is 25.5 Å². The molecule has 7 heteroatoms. The van der Waals surface area contributed by atoms with E-state index in [0.29, 0.717) is 29.6 Å². The lowest BCUT2D eigenvalue weighted by atomic mass is 10.2. The summed E-state index contributed by atoms with van der Waals surface area (Å²) in [5, 5.41) is 9.52. The zero-order valence-corrected chi connectivity index (χ0v) is 16.4. The number of amidine groups is 1. The normalized spacial score (nSPS) is 15.1. The van der Waals surface area contributed by atoms with E-state index in [1.807, 2.05) is 31.2 Å². The first-order valence-electron chi connectivity index (χ1n) is 9.07. The number of hydrogen-bond donors (Lipinski definition) is 0. The first-order chi connectivity index (χ1) is 13.7. The molecule has 1 saturated heterocycles. The molecule has 1 aliphatic rings. The number of amides is 1. The Labute approximate surface area is 168 Å². The van der Waals surface area contributed by atoms with E-state index in [1.54, 1.807) is 40.9 Å². The van der Waals surface area contributed by atoms with Crippen LogP contribution in [-0.4, -0.2) is 41.5 Å². The highest BCUT2D eigenvalue weighted by molar-refractivity contribution is 8.13. The Kier molecular flexibility index (Phi) is 6.93. The molecule has 0 aliphatic carbocycles. The fourth-order valence-electron chi connectivity index (χ4n) is 2.63. The summed E-state index contributed by atoms with van der Waals surface area (Å²) >= 11 is 1.57. The highest BCUT2D eigenvalue weighted by atomic mass is 32.2. The van der Waals surface area contributed by atoms with Crippen molar-refractivity contribution in [3.63, 3.8) is 0 Å². The molecule has 0 radical (unpaired) electrons. The molecule has 1 fully saturated rings. The number of carbonyl (C=O) groups excluding carboxylic acids is 1. The van der Waals surface area contributed by atoms with Crippen LogP contribution in [-0.2, 0) is 4.79 Å². The van der Waals surface area contributed by atoms with Crippen LogP contribution in [0.1, 0.15) is 18.9 Å². The lowest BCUT2D eigenvalue weighted by molar-refractivity contribution is -0.129. The average molecular weight is 395 g/mol. The Hall–Kier alpha value is -2.98. The number of benzene rings is 2. The van der Waals surface area contributed by atoms with Gasteiger partial charge in [-0.1, -0.05) is 11.8 Å². The lowest BCUT2D eigenvalue weighted by Gasteiger charge is -2.27. The van der Waals surface area contributed by atoms with Crippen LogP contribution in [0.2, 0.25) is 0 Å². The van der Waals surface area contributed by atoms with Gasteiger partial charge in [0, 0.05) is 12.3 Å². The maximum absolute atomic E-state index is 12.7. The number of rotatable bonds is 6. The molecule has 1 aliphatic heterocycles. The number of hydrogen-bond acceptors (Lipinski definition) is 6. The van der Waals surface area contributed by atoms with E-state index in [-0.39, 0.29) is 12.5 Å². The number of aliphatic imine (C=N–C) groups is 1. The van der Waals surface area contributed by atoms with Crippen molar-refractivity contribution in [1.82, 2.24) is 4.90 Å². The van der Waals surface area contributed by atoms with Gasteiger partial charge in [0.25, 0.3) is 5.91 Å². The summed E-state index contributed by atoms with van der Waals surface area (Å²) in [7, 11) is 0. The van der Waals surface area contributed by atoms with E-state index < -0.39 is 0 Å². The van der Waals surface area contributed by atoms with E-state index in [4.69, 9.17) is 14.7 Å². The minimum atomic E-state index is -0.138. The summed E-state index contributed by atoms with van der Waals surface area (Å²) < 4.78 is 11.0. The Bertz CT molecular complexity index is 873. The van der Waals surface area contributed by atoms with Crippen LogP contribution in [0.4, 0.5) is 5.69 Å². The van der Waals surface area contributed by atoms with Crippen LogP contribution in [0.3, 0.4) is 0 Å². The molecule has 1 amide bonds. The first-order valence-corrected chi connectivity index (χ1v) is 10.1. The van der Waals surface area contributed by atoms with Gasteiger partial charge in [0.1, 0.15) is 11.5 Å². The zero-order chi connectivity index (χ0) is 19.8. The third-order valence-electron chi connectivity index (χ3n) is 4.01. The number of thioether (sulfide) groups is 1. The van der Waals surface area contributed by atoms with Crippen LogP contribution in [0.25, 0.3) is 0 Å². The van der Waals surface area contributed by atoms with Crippen molar-refractivity contribution in [1.29, 1.82) is 5.26 Å². The van der Waals surface area contributed by atoms with Gasteiger partial charge in [-0.25, -0.2) is 4.99 Å². The molecular formula is C21H21N3O3S. The molecule has 144 valence electrons. The van der Waals surface area contributed by atoms with Crippen LogP contribution in [0, 0.1) is 11.3 Å². The van der Waals surface area contributed by atoms with Gasteiger partial charge in [0.2, 0.25) is 0 Å². The second-order valence-electron chi connectivity index (χ2n) is 5.99. The first kappa shape index (κ1) is 19.8. The third kappa shape index (κ3) is 5.27. The van der Waals surface area contributed by atoms with Gasteiger partial charge >= 0.3 is 0 Å². The zero-order valence-electron chi connectivity index (χ0n) is 15.6. The van der Waals surface area contributed by atoms with Crippen LogP contribution < -0.4 is 9.47 Å². The lowest BCUT2D eigenvalue weighted by Crippen LogP contribution is -2.41. The molecule has 0 N–H and O–H groups in total. The smallest absolute Gasteiger partial charge is 0.266 e. The van der Waals surface area contributed by atoms with Gasteiger partial charge in [0.15, 0.2) is 11.8 Å². The standard InChI is InChI=1S/C21H21N3O3S/c1-2-26-18-10-6-17(7-11-18)23-21-24(12-3-13-28-21)20(25)15-27-19-8-4-16(14-22)5-9-19/h4-11H,2-3,12-13,15H2,1H3. The van der Waals surface area contributed by atoms with E-state index in [0.717, 1.165) is 23.6 Å². The molecule has 0 atom stereocenters. The van der Waals surface area contributed by atoms with Gasteiger partial charge < -0.3 is 9.47 Å². The minimum absolute atomic E-state index is 0.0746. The fraction of sp³-hybridized carbons (Fsp3) is 0.286. The summed E-state index contributed by atoms with van der Waals surface area (Å²) in [6, 6.07) is 16.2. The molecular weight excluding hydrogens is 374 g/mol. The van der Waals surface area contributed by atoms with Gasteiger partial charge in [-0.05, 0) is 61.9 Å². The number of carbonyl (C=O) groups is 1. The second-order valence-corrected chi connectivity index (χ2v) is 7.06. The molecule has 2 aromatic carbocycles.